The van der Waals surface area contributed by atoms with E-state index in [0.29, 0.717) is 24.3 Å². The van der Waals surface area contributed by atoms with Gasteiger partial charge >= 0.3 is 5.97 Å². The highest BCUT2D eigenvalue weighted by molar-refractivity contribution is 5.89. The molecule has 130 valence electrons. The van der Waals surface area contributed by atoms with Crippen molar-refractivity contribution in [2.45, 2.75) is 25.4 Å². The summed E-state index contributed by atoms with van der Waals surface area (Å²) in [6.07, 6.45) is 0.691. The number of carbonyl (C=O) groups is 3. The van der Waals surface area contributed by atoms with E-state index in [-0.39, 0.29) is 12.5 Å². The monoisotopic (exact) mass is 336 g/mol. The molecular weight excluding hydrogens is 316 g/mol. The van der Waals surface area contributed by atoms with E-state index in [9.17, 15) is 14.4 Å². The molecule has 1 atom stereocenters. The van der Waals surface area contributed by atoms with E-state index in [4.69, 9.17) is 14.2 Å². The maximum absolute atomic E-state index is 11.7. The Labute approximate surface area is 139 Å². The normalized spacial score (nSPS) is 16.2. The minimum absolute atomic E-state index is 0.185. The Hall–Kier alpha value is -2.77. The first kappa shape index (κ1) is 17.6. The van der Waals surface area contributed by atoms with Crippen molar-refractivity contribution in [3.05, 3.63) is 23.8 Å². The van der Waals surface area contributed by atoms with E-state index in [2.05, 4.69) is 10.6 Å². The number of hydrogen-bond acceptors (Lipinski definition) is 6. The predicted octanol–water partition coefficient (Wildman–Crippen LogP) is 0.142. The molecule has 24 heavy (non-hydrogen) atoms. The van der Waals surface area contributed by atoms with Gasteiger partial charge in [-0.05, 0) is 24.1 Å². The molecule has 2 N–H and O–H groups in total. The lowest BCUT2D eigenvalue weighted by Gasteiger charge is -2.11. The number of nitrogens with one attached hydrogen (secondary N) is 2. The van der Waals surface area contributed by atoms with Crippen LogP contribution in [0.5, 0.6) is 11.5 Å². The van der Waals surface area contributed by atoms with Gasteiger partial charge in [-0.1, -0.05) is 6.07 Å². The summed E-state index contributed by atoms with van der Waals surface area (Å²) in [6.45, 7) is -0.130. The lowest BCUT2D eigenvalue weighted by molar-refractivity contribution is -0.150. The van der Waals surface area contributed by atoms with E-state index in [0.717, 1.165) is 5.56 Å². The second-order valence-electron chi connectivity index (χ2n) is 5.23. The molecule has 1 fully saturated rings. The molecule has 0 radical (unpaired) electrons. The Morgan fingerprint density at radius 3 is 2.62 bits per heavy atom. The van der Waals surface area contributed by atoms with Gasteiger partial charge in [-0.15, -0.1) is 0 Å². The van der Waals surface area contributed by atoms with Gasteiger partial charge in [0.25, 0.3) is 5.91 Å². The van der Waals surface area contributed by atoms with Gasteiger partial charge in [0.15, 0.2) is 18.1 Å². The molecule has 0 saturated carbocycles. The van der Waals surface area contributed by atoms with Gasteiger partial charge in [0.1, 0.15) is 6.04 Å². The van der Waals surface area contributed by atoms with Gasteiger partial charge in [-0.25, -0.2) is 4.79 Å². The summed E-state index contributed by atoms with van der Waals surface area (Å²) in [5.74, 6) is -0.0489. The number of rotatable bonds is 7. The van der Waals surface area contributed by atoms with Crippen molar-refractivity contribution in [3.8, 4) is 11.5 Å². The summed E-state index contributed by atoms with van der Waals surface area (Å²) in [6, 6.07) is 4.63. The molecule has 0 unspecified atom stereocenters. The fraction of sp³-hybridized carbons (Fsp3) is 0.438. The second kappa shape index (κ2) is 8.19. The third-order valence-corrected chi connectivity index (χ3v) is 3.56. The first-order valence-electron chi connectivity index (χ1n) is 7.47. The van der Waals surface area contributed by atoms with Crippen LogP contribution in [0.15, 0.2) is 18.2 Å². The minimum atomic E-state index is -0.656. The lowest BCUT2D eigenvalue weighted by Crippen LogP contribution is -2.37. The Morgan fingerprint density at radius 2 is 2.00 bits per heavy atom. The van der Waals surface area contributed by atoms with Crippen molar-refractivity contribution in [2.75, 3.05) is 20.8 Å². The van der Waals surface area contributed by atoms with Crippen LogP contribution in [0, 0.1) is 0 Å². The third-order valence-electron chi connectivity index (χ3n) is 3.56. The van der Waals surface area contributed by atoms with E-state index < -0.39 is 24.5 Å². The van der Waals surface area contributed by atoms with Gasteiger partial charge in [-0.3, -0.25) is 9.59 Å². The number of hydrogen-bond donors (Lipinski definition) is 2. The van der Waals surface area contributed by atoms with Crippen LogP contribution >= 0.6 is 0 Å². The fourth-order valence-corrected chi connectivity index (χ4v) is 2.27. The molecule has 8 nitrogen and oxygen atoms in total. The highest BCUT2D eigenvalue weighted by Gasteiger charge is 2.28. The molecule has 2 amide bonds. The topological polar surface area (TPSA) is 103 Å². The Bertz CT molecular complexity index is 631. The number of benzene rings is 1. The highest BCUT2D eigenvalue weighted by Crippen LogP contribution is 2.27. The summed E-state index contributed by atoms with van der Waals surface area (Å²) in [4.78, 5) is 34.5. The number of ether oxygens (including phenoxy) is 3. The minimum Gasteiger partial charge on any atom is -0.493 e. The highest BCUT2D eigenvalue weighted by atomic mass is 16.5. The number of esters is 1. The lowest BCUT2D eigenvalue weighted by atomic mass is 10.2. The molecule has 1 heterocycles. The van der Waals surface area contributed by atoms with Crippen molar-refractivity contribution in [1.82, 2.24) is 10.6 Å². The number of carbonyl (C=O) groups excluding carboxylic acids is 3. The molecule has 8 heteroatoms. The summed E-state index contributed by atoms with van der Waals surface area (Å²) in [5.41, 5.74) is 0.815. The van der Waals surface area contributed by atoms with Crippen LogP contribution in [-0.4, -0.2) is 44.7 Å². The van der Waals surface area contributed by atoms with Gasteiger partial charge < -0.3 is 24.8 Å². The molecule has 0 aliphatic carbocycles. The third kappa shape index (κ3) is 4.61. The second-order valence-corrected chi connectivity index (χ2v) is 5.23. The maximum Gasteiger partial charge on any atom is 0.329 e. The van der Waals surface area contributed by atoms with Crippen LogP contribution in [0.4, 0.5) is 0 Å². The van der Waals surface area contributed by atoms with Crippen LogP contribution in [0.2, 0.25) is 0 Å². The van der Waals surface area contributed by atoms with E-state index in [1.165, 1.54) is 7.11 Å². The predicted molar refractivity (Wildman–Crippen MR) is 83.5 cm³/mol. The first-order valence-corrected chi connectivity index (χ1v) is 7.47. The van der Waals surface area contributed by atoms with Gasteiger partial charge in [0.05, 0.1) is 14.2 Å². The zero-order chi connectivity index (χ0) is 17.5. The zero-order valence-electron chi connectivity index (χ0n) is 13.6. The van der Waals surface area contributed by atoms with Gasteiger partial charge in [-0.2, -0.15) is 0 Å². The SMILES string of the molecule is COc1ccc(CNC(=O)COC(=O)[C@@H]2CCC(=O)N2)cc1OC. The van der Waals surface area contributed by atoms with Crippen LogP contribution < -0.4 is 20.1 Å². The molecule has 1 saturated heterocycles. The molecule has 1 aromatic rings. The molecule has 2 rings (SSSR count). The van der Waals surface area contributed by atoms with Crippen molar-refractivity contribution < 1.29 is 28.6 Å². The number of methoxy groups -OCH3 is 2. The van der Waals surface area contributed by atoms with Crippen molar-refractivity contribution in [1.29, 1.82) is 0 Å². The first-order chi connectivity index (χ1) is 11.5. The van der Waals surface area contributed by atoms with Gasteiger partial charge in [0.2, 0.25) is 5.91 Å². The number of amides is 2. The quantitative estimate of drug-likeness (QED) is 0.687. The largest absolute Gasteiger partial charge is 0.493 e. The average molecular weight is 336 g/mol. The summed E-state index contributed by atoms with van der Waals surface area (Å²) >= 11 is 0. The molecule has 0 bridgehead atoms. The van der Waals surface area contributed by atoms with Gasteiger partial charge in [0, 0.05) is 13.0 Å². The van der Waals surface area contributed by atoms with Crippen molar-refractivity contribution >= 4 is 17.8 Å². The molecule has 1 aliphatic rings. The van der Waals surface area contributed by atoms with Crippen LogP contribution in [-0.2, 0) is 25.7 Å². The van der Waals surface area contributed by atoms with E-state index in [1.54, 1.807) is 25.3 Å². The van der Waals surface area contributed by atoms with E-state index >= 15 is 0 Å². The Balaban J connectivity index is 1.77. The fourth-order valence-electron chi connectivity index (χ4n) is 2.27. The zero-order valence-corrected chi connectivity index (χ0v) is 13.6. The molecular formula is C16H20N2O6. The standard InChI is InChI=1S/C16H20N2O6/c1-22-12-5-3-10(7-13(12)23-2)8-17-15(20)9-24-16(21)11-4-6-14(19)18-11/h3,5,7,11H,4,6,8-9H2,1-2H3,(H,17,20)(H,18,19)/t11-/m0/s1. The molecule has 1 aromatic carbocycles. The molecule has 0 spiro atoms. The van der Waals surface area contributed by atoms with Crippen molar-refractivity contribution in [3.63, 3.8) is 0 Å². The smallest absolute Gasteiger partial charge is 0.329 e. The molecule has 0 aromatic heterocycles. The Kier molecular flexibility index (Phi) is 6.00. The van der Waals surface area contributed by atoms with Crippen molar-refractivity contribution in [2.24, 2.45) is 0 Å². The summed E-state index contributed by atoms with van der Waals surface area (Å²) < 4.78 is 15.2. The summed E-state index contributed by atoms with van der Waals surface area (Å²) in [7, 11) is 3.07. The Morgan fingerprint density at radius 1 is 1.25 bits per heavy atom. The van der Waals surface area contributed by atoms with Crippen LogP contribution in [0.25, 0.3) is 0 Å². The summed E-state index contributed by atoms with van der Waals surface area (Å²) in [5, 5.41) is 5.13. The van der Waals surface area contributed by atoms with Crippen LogP contribution in [0.1, 0.15) is 18.4 Å². The van der Waals surface area contributed by atoms with Crippen LogP contribution in [0.3, 0.4) is 0 Å². The maximum atomic E-state index is 11.7. The average Bonchev–Trinajstić information content (AvgIpc) is 3.04. The van der Waals surface area contributed by atoms with E-state index in [1.807, 2.05) is 0 Å². The molecule has 1 aliphatic heterocycles.